The number of hydrogen-bond donors (Lipinski definition) is 1. The minimum atomic E-state index is -0.203. The zero-order valence-corrected chi connectivity index (χ0v) is 10.9. The predicted octanol–water partition coefficient (Wildman–Crippen LogP) is 1.99. The second-order valence-electron chi connectivity index (χ2n) is 5.72. The smallest absolute Gasteiger partial charge is 0.0684 e. The third-order valence-corrected chi connectivity index (χ3v) is 3.88. The van der Waals surface area contributed by atoms with E-state index in [1.54, 1.807) is 0 Å². The maximum atomic E-state index is 8.98. The molecule has 2 unspecified atom stereocenters. The van der Waals surface area contributed by atoms with Gasteiger partial charge in [0.1, 0.15) is 0 Å². The highest BCUT2D eigenvalue weighted by atomic mass is 15.1. The molecule has 0 aromatic heterocycles. The van der Waals surface area contributed by atoms with Gasteiger partial charge in [-0.25, -0.2) is 0 Å². The summed E-state index contributed by atoms with van der Waals surface area (Å²) in [6.07, 6.45) is 4.78. The maximum Gasteiger partial charge on any atom is 0.0684 e. The molecule has 0 amide bonds. The van der Waals surface area contributed by atoms with Crippen molar-refractivity contribution in [3.8, 4) is 6.07 Å². The Morgan fingerprint density at radius 3 is 2.69 bits per heavy atom. The Morgan fingerprint density at radius 1 is 1.44 bits per heavy atom. The van der Waals surface area contributed by atoms with Gasteiger partial charge in [0, 0.05) is 6.04 Å². The van der Waals surface area contributed by atoms with Crippen LogP contribution in [0.25, 0.3) is 0 Å². The molecule has 0 saturated heterocycles. The number of nitriles is 1. The molecule has 1 aliphatic carbocycles. The van der Waals surface area contributed by atoms with Crippen LogP contribution >= 0.6 is 0 Å². The van der Waals surface area contributed by atoms with Crippen LogP contribution in [-0.2, 0) is 0 Å². The molecule has 0 radical (unpaired) electrons. The van der Waals surface area contributed by atoms with E-state index in [0.717, 1.165) is 19.5 Å². The van der Waals surface area contributed by atoms with Gasteiger partial charge >= 0.3 is 0 Å². The Kier molecular flexibility index (Phi) is 4.76. The first-order valence-electron chi connectivity index (χ1n) is 6.32. The minimum absolute atomic E-state index is 0.203. The molecule has 3 heteroatoms. The van der Waals surface area contributed by atoms with Crippen LogP contribution in [0.3, 0.4) is 0 Å². The molecule has 92 valence electrons. The van der Waals surface area contributed by atoms with Crippen molar-refractivity contribution in [3.05, 3.63) is 0 Å². The van der Waals surface area contributed by atoms with Crippen LogP contribution in [0.5, 0.6) is 0 Å². The molecule has 0 heterocycles. The molecular formula is C13H25N3. The second kappa shape index (κ2) is 5.65. The van der Waals surface area contributed by atoms with Crippen LogP contribution in [0, 0.1) is 22.7 Å². The van der Waals surface area contributed by atoms with Crippen molar-refractivity contribution in [1.82, 2.24) is 4.90 Å². The van der Waals surface area contributed by atoms with Crippen molar-refractivity contribution in [2.45, 2.75) is 45.6 Å². The summed E-state index contributed by atoms with van der Waals surface area (Å²) in [5.74, 6) is 0.662. The average molecular weight is 223 g/mol. The van der Waals surface area contributed by atoms with E-state index in [1.165, 1.54) is 19.3 Å². The third kappa shape index (κ3) is 3.47. The van der Waals surface area contributed by atoms with E-state index < -0.39 is 0 Å². The van der Waals surface area contributed by atoms with Crippen molar-refractivity contribution in [3.63, 3.8) is 0 Å². The second-order valence-corrected chi connectivity index (χ2v) is 5.72. The maximum absolute atomic E-state index is 8.98. The highest BCUT2D eigenvalue weighted by Gasteiger charge is 2.30. The lowest BCUT2D eigenvalue weighted by Crippen LogP contribution is -2.39. The number of rotatable bonds is 5. The van der Waals surface area contributed by atoms with Crippen LogP contribution in [-0.4, -0.2) is 31.1 Å². The van der Waals surface area contributed by atoms with E-state index in [1.807, 2.05) is 13.8 Å². The predicted molar refractivity (Wildman–Crippen MR) is 66.8 cm³/mol. The van der Waals surface area contributed by atoms with E-state index in [-0.39, 0.29) is 5.41 Å². The summed E-state index contributed by atoms with van der Waals surface area (Å²) in [6.45, 7) is 5.82. The van der Waals surface area contributed by atoms with Crippen molar-refractivity contribution in [1.29, 1.82) is 5.26 Å². The average Bonchev–Trinajstić information content (AvgIpc) is 2.74. The fraction of sp³-hybridized carbons (Fsp3) is 0.923. The van der Waals surface area contributed by atoms with Gasteiger partial charge in [-0.05, 0) is 59.2 Å². The molecule has 0 bridgehead atoms. The first-order valence-corrected chi connectivity index (χ1v) is 6.32. The fourth-order valence-corrected chi connectivity index (χ4v) is 2.55. The highest BCUT2D eigenvalue weighted by molar-refractivity contribution is 4.93. The summed E-state index contributed by atoms with van der Waals surface area (Å²) < 4.78 is 0. The molecule has 2 N–H and O–H groups in total. The SMILES string of the molecule is CN(CCC(C)(C)C#N)C1CCCC1CN. The van der Waals surface area contributed by atoms with Crippen LogP contribution < -0.4 is 5.73 Å². The molecule has 16 heavy (non-hydrogen) atoms. The van der Waals surface area contributed by atoms with Gasteiger partial charge in [0.05, 0.1) is 11.5 Å². The Bertz CT molecular complexity index is 254. The normalized spacial score (nSPS) is 26.0. The molecule has 1 aliphatic rings. The van der Waals surface area contributed by atoms with E-state index in [9.17, 15) is 0 Å². The van der Waals surface area contributed by atoms with E-state index in [2.05, 4.69) is 18.0 Å². The lowest BCUT2D eigenvalue weighted by molar-refractivity contribution is 0.183. The highest BCUT2D eigenvalue weighted by Crippen LogP contribution is 2.29. The number of nitrogens with two attached hydrogens (primary N) is 1. The lowest BCUT2D eigenvalue weighted by atomic mass is 9.91. The summed E-state index contributed by atoms with van der Waals surface area (Å²) in [5.41, 5.74) is 5.59. The zero-order chi connectivity index (χ0) is 12.2. The van der Waals surface area contributed by atoms with Gasteiger partial charge in [0.2, 0.25) is 0 Å². The van der Waals surface area contributed by atoms with Gasteiger partial charge in [-0.3, -0.25) is 0 Å². The van der Waals surface area contributed by atoms with Crippen LogP contribution in [0.4, 0.5) is 0 Å². The molecule has 3 nitrogen and oxygen atoms in total. The molecule has 0 spiro atoms. The molecular weight excluding hydrogens is 198 g/mol. The monoisotopic (exact) mass is 223 g/mol. The van der Waals surface area contributed by atoms with Gasteiger partial charge in [0.25, 0.3) is 0 Å². The Hall–Kier alpha value is -0.590. The standard InChI is InChI=1S/C13H25N3/c1-13(2,10-15)7-8-16(3)12-6-4-5-11(12)9-14/h11-12H,4-9,14H2,1-3H3. The first kappa shape index (κ1) is 13.5. The largest absolute Gasteiger partial charge is 0.330 e. The van der Waals surface area contributed by atoms with Crippen molar-refractivity contribution < 1.29 is 0 Å². The van der Waals surface area contributed by atoms with Crippen molar-refractivity contribution in [2.24, 2.45) is 17.1 Å². The quantitative estimate of drug-likeness (QED) is 0.775. The van der Waals surface area contributed by atoms with Crippen molar-refractivity contribution in [2.75, 3.05) is 20.1 Å². The van der Waals surface area contributed by atoms with Crippen molar-refractivity contribution >= 4 is 0 Å². The van der Waals surface area contributed by atoms with E-state index in [0.29, 0.717) is 12.0 Å². The van der Waals surface area contributed by atoms with Gasteiger partial charge < -0.3 is 10.6 Å². The molecule has 1 fully saturated rings. The minimum Gasteiger partial charge on any atom is -0.330 e. The summed E-state index contributed by atoms with van der Waals surface area (Å²) in [5, 5.41) is 8.98. The Morgan fingerprint density at radius 2 is 2.12 bits per heavy atom. The van der Waals surface area contributed by atoms with Gasteiger partial charge in [-0.15, -0.1) is 0 Å². The molecule has 0 aromatic carbocycles. The fourth-order valence-electron chi connectivity index (χ4n) is 2.55. The molecule has 0 aromatic rings. The summed E-state index contributed by atoms with van der Waals surface area (Å²) in [6, 6.07) is 3.00. The van der Waals surface area contributed by atoms with Gasteiger partial charge in [-0.2, -0.15) is 5.26 Å². The van der Waals surface area contributed by atoms with Gasteiger partial charge in [0.15, 0.2) is 0 Å². The number of nitrogens with zero attached hydrogens (tertiary/aromatic N) is 2. The lowest BCUT2D eigenvalue weighted by Gasteiger charge is -2.30. The summed E-state index contributed by atoms with van der Waals surface area (Å²) in [7, 11) is 2.17. The first-order chi connectivity index (χ1) is 7.50. The van der Waals surface area contributed by atoms with Crippen LogP contribution in [0.15, 0.2) is 0 Å². The van der Waals surface area contributed by atoms with Crippen LogP contribution in [0.2, 0.25) is 0 Å². The van der Waals surface area contributed by atoms with E-state index >= 15 is 0 Å². The zero-order valence-electron chi connectivity index (χ0n) is 10.9. The van der Waals surface area contributed by atoms with Crippen LogP contribution in [0.1, 0.15) is 39.5 Å². The van der Waals surface area contributed by atoms with Gasteiger partial charge in [-0.1, -0.05) is 6.42 Å². The number of hydrogen-bond acceptors (Lipinski definition) is 3. The van der Waals surface area contributed by atoms with E-state index in [4.69, 9.17) is 11.0 Å². The summed E-state index contributed by atoms with van der Waals surface area (Å²) in [4.78, 5) is 2.41. The topological polar surface area (TPSA) is 53.0 Å². The molecule has 1 saturated carbocycles. The summed E-state index contributed by atoms with van der Waals surface area (Å²) >= 11 is 0. The molecule has 0 aliphatic heterocycles. The Balaban J connectivity index is 2.41. The molecule has 1 rings (SSSR count). The third-order valence-electron chi connectivity index (χ3n) is 3.88. The Labute approximate surface area is 99.6 Å². The molecule has 2 atom stereocenters.